The van der Waals surface area contributed by atoms with Crippen LogP contribution in [0.1, 0.15) is 30.4 Å². The first-order valence-electron chi connectivity index (χ1n) is 6.62. The highest BCUT2D eigenvalue weighted by Gasteiger charge is 2.02. The van der Waals surface area contributed by atoms with E-state index in [1.54, 1.807) is 0 Å². The highest BCUT2D eigenvalue weighted by molar-refractivity contribution is 5.28. The fraction of sp³-hybridized carbons (Fsp3) is 0.400. The molecule has 0 unspecified atom stereocenters. The van der Waals surface area contributed by atoms with E-state index in [1.165, 1.54) is 5.56 Å². The summed E-state index contributed by atoms with van der Waals surface area (Å²) in [4.78, 5) is 0. The maximum absolute atomic E-state index is 5.69. The van der Waals surface area contributed by atoms with Crippen LogP contribution in [0.5, 0.6) is 5.75 Å². The molecule has 0 radical (unpaired) electrons. The number of aryl methyl sites for hydroxylation is 1. The largest absolute Gasteiger partial charge is 0.486 e. The minimum Gasteiger partial charge on any atom is -0.486 e. The van der Waals surface area contributed by atoms with Gasteiger partial charge >= 0.3 is 0 Å². The third-order valence-corrected chi connectivity index (χ3v) is 2.71. The Morgan fingerprint density at radius 3 is 2.95 bits per heavy atom. The van der Waals surface area contributed by atoms with Crippen molar-refractivity contribution in [2.75, 3.05) is 6.54 Å². The van der Waals surface area contributed by atoms with Crippen LogP contribution in [0.15, 0.2) is 34.9 Å². The van der Waals surface area contributed by atoms with Crippen molar-refractivity contribution in [1.29, 1.82) is 0 Å². The van der Waals surface area contributed by atoms with Gasteiger partial charge in [0, 0.05) is 12.6 Å². The molecule has 2 aromatic rings. The predicted octanol–water partition coefficient (Wildman–Crippen LogP) is 3.06. The lowest BCUT2D eigenvalue weighted by Crippen LogP contribution is -2.13. The van der Waals surface area contributed by atoms with Gasteiger partial charge in [-0.2, -0.15) is 0 Å². The van der Waals surface area contributed by atoms with Gasteiger partial charge in [0.05, 0.1) is 5.69 Å². The fourth-order valence-corrected chi connectivity index (χ4v) is 1.79. The smallest absolute Gasteiger partial charge is 0.174 e. The number of rotatable bonds is 7. The van der Waals surface area contributed by atoms with Gasteiger partial charge in [-0.05, 0) is 37.6 Å². The van der Waals surface area contributed by atoms with Crippen LogP contribution >= 0.6 is 0 Å². The third-order valence-electron chi connectivity index (χ3n) is 2.71. The Hall–Kier alpha value is -1.81. The summed E-state index contributed by atoms with van der Waals surface area (Å²) in [6, 6.07) is 9.98. The number of hydrogen-bond donors (Lipinski definition) is 1. The summed E-state index contributed by atoms with van der Waals surface area (Å²) in [7, 11) is 0. The van der Waals surface area contributed by atoms with E-state index in [1.807, 2.05) is 31.2 Å². The van der Waals surface area contributed by atoms with E-state index in [0.717, 1.165) is 36.7 Å². The number of nitrogens with zero attached hydrogens (tertiary/aromatic N) is 1. The monoisotopic (exact) mass is 260 g/mol. The molecule has 0 fully saturated rings. The molecule has 1 aromatic carbocycles. The molecule has 0 aliphatic heterocycles. The standard InChI is InChI=1S/C15H20N2O2/c1-3-7-16-10-13-5-4-6-14(9-13)18-11-15-8-12(2)17-19-15/h4-6,8-9,16H,3,7,10-11H2,1-2H3. The summed E-state index contributed by atoms with van der Waals surface area (Å²) < 4.78 is 10.8. The van der Waals surface area contributed by atoms with Crippen molar-refractivity contribution in [2.45, 2.75) is 33.4 Å². The van der Waals surface area contributed by atoms with Crippen molar-refractivity contribution in [3.63, 3.8) is 0 Å². The number of aromatic nitrogens is 1. The number of ether oxygens (including phenoxy) is 1. The normalized spacial score (nSPS) is 10.6. The minimum atomic E-state index is 0.409. The molecule has 0 bridgehead atoms. The molecule has 1 heterocycles. The van der Waals surface area contributed by atoms with Crippen LogP contribution < -0.4 is 10.1 Å². The Labute approximate surface area is 113 Å². The van der Waals surface area contributed by atoms with E-state index in [2.05, 4.69) is 23.5 Å². The van der Waals surface area contributed by atoms with Crippen LogP contribution in [0.2, 0.25) is 0 Å². The van der Waals surface area contributed by atoms with E-state index in [-0.39, 0.29) is 0 Å². The molecule has 1 N–H and O–H groups in total. The van der Waals surface area contributed by atoms with Crippen LogP contribution in [0.25, 0.3) is 0 Å². The molecule has 0 saturated heterocycles. The zero-order chi connectivity index (χ0) is 13.5. The molecule has 0 atom stereocenters. The number of hydrogen-bond acceptors (Lipinski definition) is 4. The zero-order valence-electron chi connectivity index (χ0n) is 11.5. The van der Waals surface area contributed by atoms with Gasteiger partial charge in [0.2, 0.25) is 0 Å². The molecule has 0 amide bonds. The van der Waals surface area contributed by atoms with Crippen molar-refractivity contribution in [1.82, 2.24) is 10.5 Å². The first-order valence-corrected chi connectivity index (χ1v) is 6.62. The van der Waals surface area contributed by atoms with E-state index < -0.39 is 0 Å². The second-order valence-corrected chi connectivity index (χ2v) is 4.55. The van der Waals surface area contributed by atoms with Crippen molar-refractivity contribution in [3.8, 4) is 5.75 Å². The molecule has 4 heteroatoms. The molecular weight excluding hydrogens is 240 g/mol. The molecule has 2 rings (SSSR count). The lowest BCUT2D eigenvalue weighted by atomic mass is 10.2. The van der Waals surface area contributed by atoms with Crippen LogP contribution in [-0.4, -0.2) is 11.7 Å². The molecule has 19 heavy (non-hydrogen) atoms. The SMILES string of the molecule is CCCNCc1cccc(OCc2cc(C)no2)c1. The summed E-state index contributed by atoms with van der Waals surface area (Å²) in [5.74, 6) is 1.59. The molecule has 0 spiro atoms. The molecular formula is C15H20N2O2. The maximum atomic E-state index is 5.69. The molecule has 102 valence electrons. The molecule has 0 aliphatic rings. The Bertz CT molecular complexity index is 508. The maximum Gasteiger partial charge on any atom is 0.174 e. The van der Waals surface area contributed by atoms with E-state index >= 15 is 0 Å². The van der Waals surface area contributed by atoms with E-state index in [0.29, 0.717) is 6.61 Å². The van der Waals surface area contributed by atoms with Gasteiger partial charge < -0.3 is 14.6 Å². The quantitative estimate of drug-likeness (QED) is 0.777. The molecule has 0 saturated carbocycles. The summed E-state index contributed by atoms with van der Waals surface area (Å²) in [6.45, 7) is 6.36. The first kappa shape index (κ1) is 13.6. The third kappa shape index (κ3) is 4.41. The highest BCUT2D eigenvalue weighted by atomic mass is 16.5. The van der Waals surface area contributed by atoms with E-state index in [4.69, 9.17) is 9.26 Å². The van der Waals surface area contributed by atoms with Crippen LogP contribution in [0.3, 0.4) is 0 Å². The predicted molar refractivity (Wildman–Crippen MR) is 74.0 cm³/mol. The van der Waals surface area contributed by atoms with Crippen LogP contribution in [0, 0.1) is 6.92 Å². The Balaban J connectivity index is 1.87. The number of benzene rings is 1. The lowest BCUT2D eigenvalue weighted by molar-refractivity contribution is 0.248. The van der Waals surface area contributed by atoms with Crippen molar-refractivity contribution >= 4 is 0 Å². The summed E-state index contributed by atoms with van der Waals surface area (Å²) >= 11 is 0. The highest BCUT2D eigenvalue weighted by Crippen LogP contribution is 2.15. The van der Waals surface area contributed by atoms with Gasteiger partial charge in [-0.3, -0.25) is 0 Å². The summed E-state index contributed by atoms with van der Waals surface area (Å²) in [5.41, 5.74) is 2.09. The molecule has 0 aliphatic carbocycles. The number of nitrogens with one attached hydrogen (secondary N) is 1. The van der Waals surface area contributed by atoms with Crippen molar-refractivity contribution < 1.29 is 9.26 Å². The second kappa shape index (κ2) is 6.95. The van der Waals surface area contributed by atoms with Crippen LogP contribution in [0.4, 0.5) is 0 Å². The van der Waals surface area contributed by atoms with Crippen molar-refractivity contribution in [2.24, 2.45) is 0 Å². The molecule has 1 aromatic heterocycles. The topological polar surface area (TPSA) is 47.3 Å². The zero-order valence-corrected chi connectivity index (χ0v) is 11.5. The van der Waals surface area contributed by atoms with Gasteiger partial charge in [-0.1, -0.05) is 24.2 Å². The Morgan fingerprint density at radius 1 is 1.32 bits per heavy atom. The van der Waals surface area contributed by atoms with Gasteiger partial charge in [-0.15, -0.1) is 0 Å². The average molecular weight is 260 g/mol. The fourth-order valence-electron chi connectivity index (χ4n) is 1.79. The first-order chi connectivity index (χ1) is 9.28. The average Bonchev–Trinajstić information content (AvgIpc) is 2.83. The Kier molecular flexibility index (Phi) is 4.98. The van der Waals surface area contributed by atoms with Crippen molar-refractivity contribution in [3.05, 3.63) is 47.3 Å². The summed E-state index contributed by atoms with van der Waals surface area (Å²) in [5, 5.41) is 7.20. The summed E-state index contributed by atoms with van der Waals surface area (Å²) in [6.07, 6.45) is 1.14. The Morgan fingerprint density at radius 2 is 2.21 bits per heavy atom. The van der Waals surface area contributed by atoms with Gasteiger partial charge in [0.1, 0.15) is 12.4 Å². The lowest BCUT2D eigenvalue weighted by Gasteiger charge is -2.07. The van der Waals surface area contributed by atoms with E-state index in [9.17, 15) is 0 Å². The molecule has 4 nitrogen and oxygen atoms in total. The van der Waals surface area contributed by atoms with Gasteiger partial charge in [0.25, 0.3) is 0 Å². The van der Waals surface area contributed by atoms with Gasteiger partial charge in [-0.25, -0.2) is 0 Å². The second-order valence-electron chi connectivity index (χ2n) is 4.55. The minimum absolute atomic E-state index is 0.409. The van der Waals surface area contributed by atoms with Crippen LogP contribution in [-0.2, 0) is 13.2 Å². The van der Waals surface area contributed by atoms with Gasteiger partial charge in [0.15, 0.2) is 5.76 Å².